The van der Waals surface area contributed by atoms with Crippen LogP contribution in [-0.2, 0) is 19.1 Å². The Labute approximate surface area is 166 Å². The maximum Gasteiger partial charge on any atom is 0.326 e. The molecule has 2 aromatic rings. The summed E-state index contributed by atoms with van der Waals surface area (Å²) in [5, 5.41) is 7.10. The lowest BCUT2D eigenvalue weighted by Crippen LogP contribution is -2.36. The zero-order chi connectivity index (χ0) is 19.9. The number of nitrogens with one attached hydrogen (secondary N) is 1. The van der Waals surface area contributed by atoms with Crippen LogP contribution in [0.25, 0.3) is 5.69 Å². The van der Waals surface area contributed by atoms with Gasteiger partial charge in [0, 0.05) is 18.0 Å². The highest BCUT2D eigenvalue weighted by Gasteiger charge is 2.20. The van der Waals surface area contributed by atoms with Gasteiger partial charge in [-0.3, -0.25) is 14.4 Å². The maximum absolute atomic E-state index is 12.2. The summed E-state index contributed by atoms with van der Waals surface area (Å²) in [6.45, 7) is -0.0818. The molecule has 0 unspecified atom stereocenters. The number of halogens is 1. The van der Waals surface area contributed by atoms with E-state index < -0.39 is 18.5 Å². The fourth-order valence-electron chi connectivity index (χ4n) is 2.88. The van der Waals surface area contributed by atoms with Gasteiger partial charge >= 0.3 is 5.97 Å². The molecule has 0 atom stereocenters. The van der Waals surface area contributed by atoms with Crippen molar-refractivity contribution in [2.45, 2.75) is 25.7 Å². The Balaban J connectivity index is 1.55. The van der Waals surface area contributed by atoms with Crippen LogP contribution in [0.2, 0.25) is 5.02 Å². The first-order valence-corrected chi connectivity index (χ1v) is 9.28. The lowest BCUT2D eigenvalue weighted by molar-refractivity contribution is -0.151. The number of likely N-dealkylation sites (tertiary alicyclic amines) is 1. The van der Waals surface area contributed by atoms with E-state index in [1.54, 1.807) is 18.2 Å². The Morgan fingerprint density at radius 1 is 1.25 bits per heavy atom. The monoisotopic (exact) mass is 405 g/mol. The van der Waals surface area contributed by atoms with Crippen molar-refractivity contribution >= 4 is 35.1 Å². The molecule has 9 nitrogen and oxygen atoms in total. The van der Waals surface area contributed by atoms with Gasteiger partial charge in [-0.1, -0.05) is 18.0 Å². The lowest BCUT2D eigenvalue weighted by Gasteiger charge is -2.19. The molecule has 0 aliphatic carbocycles. The highest BCUT2D eigenvalue weighted by molar-refractivity contribution is 6.31. The van der Waals surface area contributed by atoms with Gasteiger partial charge in [0.05, 0.1) is 11.4 Å². The Morgan fingerprint density at radius 3 is 2.89 bits per heavy atom. The van der Waals surface area contributed by atoms with Crippen LogP contribution in [0, 0.1) is 0 Å². The lowest BCUT2D eigenvalue weighted by atomic mass is 10.2. The third kappa shape index (κ3) is 5.29. The Kier molecular flexibility index (Phi) is 6.59. The molecule has 10 heteroatoms. The van der Waals surface area contributed by atoms with Crippen LogP contribution in [0.3, 0.4) is 0 Å². The van der Waals surface area contributed by atoms with Gasteiger partial charge in [0.25, 0.3) is 5.91 Å². The standard InChI is InChI=1S/C18H20ClN5O4/c19-13-5-6-15(24-12-20-11-21-24)14(8-13)22-16(25)10-28-18(27)9-23-7-3-1-2-4-17(23)26/h5-6,8,11-12H,1-4,7,9-10H2,(H,22,25). The largest absolute Gasteiger partial charge is 0.454 e. The summed E-state index contributed by atoms with van der Waals surface area (Å²) >= 11 is 6.01. The summed E-state index contributed by atoms with van der Waals surface area (Å²) < 4.78 is 6.49. The highest BCUT2D eigenvalue weighted by atomic mass is 35.5. The molecule has 0 bridgehead atoms. The zero-order valence-corrected chi connectivity index (χ0v) is 15.9. The number of esters is 1. The third-order valence-corrected chi connectivity index (χ3v) is 4.49. The van der Waals surface area contributed by atoms with Crippen molar-refractivity contribution in [1.29, 1.82) is 0 Å². The van der Waals surface area contributed by atoms with Crippen LogP contribution in [0.1, 0.15) is 25.7 Å². The number of ether oxygens (including phenoxy) is 1. The molecule has 2 heterocycles. The minimum atomic E-state index is -0.618. The fraction of sp³-hybridized carbons (Fsp3) is 0.389. The molecule has 28 heavy (non-hydrogen) atoms. The number of carbonyl (C=O) groups is 3. The van der Waals surface area contributed by atoms with Crippen LogP contribution in [0.15, 0.2) is 30.9 Å². The first kappa shape index (κ1) is 19.8. The predicted molar refractivity (Wildman–Crippen MR) is 101 cm³/mol. The first-order chi connectivity index (χ1) is 13.5. The van der Waals surface area contributed by atoms with Crippen molar-refractivity contribution < 1.29 is 19.1 Å². The van der Waals surface area contributed by atoms with Crippen molar-refractivity contribution in [2.24, 2.45) is 0 Å². The quantitative estimate of drug-likeness (QED) is 0.734. The molecule has 2 amide bonds. The van der Waals surface area contributed by atoms with E-state index >= 15 is 0 Å². The van der Waals surface area contributed by atoms with E-state index in [-0.39, 0.29) is 12.5 Å². The summed E-state index contributed by atoms with van der Waals surface area (Å²) in [6.07, 6.45) is 5.95. The van der Waals surface area contributed by atoms with E-state index in [9.17, 15) is 14.4 Å². The smallest absolute Gasteiger partial charge is 0.326 e. The van der Waals surface area contributed by atoms with Gasteiger partial charge in [0.2, 0.25) is 5.91 Å². The number of carbonyl (C=O) groups excluding carboxylic acids is 3. The minimum absolute atomic E-state index is 0.0599. The second-order valence-electron chi connectivity index (χ2n) is 6.34. The SMILES string of the molecule is O=C(COC(=O)CN1CCCCCC1=O)Nc1cc(Cl)ccc1-n1cncn1. The number of aromatic nitrogens is 3. The van der Waals surface area contributed by atoms with Gasteiger partial charge in [-0.15, -0.1) is 0 Å². The van der Waals surface area contributed by atoms with Gasteiger partial charge in [-0.25, -0.2) is 9.67 Å². The number of benzene rings is 1. The zero-order valence-electron chi connectivity index (χ0n) is 15.1. The van der Waals surface area contributed by atoms with Crippen LogP contribution < -0.4 is 5.32 Å². The van der Waals surface area contributed by atoms with Crippen molar-refractivity contribution in [3.63, 3.8) is 0 Å². The van der Waals surface area contributed by atoms with Crippen LogP contribution in [0.4, 0.5) is 5.69 Å². The molecule has 0 radical (unpaired) electrons. The number of hydrogen-bond acceptors (Lipinski definition) is 6. The molecule has 1 aromatic carbocycles. The van der Waals surface area contributed by atoms with Crippen molar-refractivity contribution in [3.05, 3.63) is 35.9 Å². The summed E-state index contributed by atoms with van der Waals surface area (Å²) in [4.78, 5) is 41.5. The third-order valence-electron chi connectivity index (χ3n) is 4.25. The van der Waals surface area contributed by atoms with Gasteiger partial charge in [0.1, 0.15) is 19.2 Å². The normalized spacial score (nSPS) is 14.5. The van der Waals surface area contributed by atoms with Crippen LogP contribution >= 0.6 is 11.6 Å². The molecule has 1 aromatic heterocycles. The number of hydrogen-bond donors (Lipinski definition) is 1. The van der Waals surface area contributed by atoms with Gasteiger partial charge < -0.3 is 15.0 Å². The van der Waals surface area contributed by atoms with E-state index in [4.69, 9.17) is 16.3 Å². The molecular weight excluding hydrogens is 386 g/mol. The predicted octanol–water partition coefficient (Wildman–Crippen LogP) is 1.80. The summed E-state index contributed by atoms with van der Waals surface area (Å²) in [5.74, 6) is -1.21. The molecular formula is C18H20ClN5O4. The van der Waals surface area contributed by atoms with E-state index in [1.165, 1.54) is 22.2 Å². The maximum atomic E-state index is 12.2. The molecule has 1 aliphatic rings. The molecule has 148 valence electrons. The van der Waals surface area contributed by atoms with E-state index in [0.29, 0.717) is 29.4 Å². The van der Waals surface area contributed by atoms with E-state index in [2.05, 4.69) is 15.4 Å². The summed E-state index contributed by atoms with van der Waals surface area (Å²) in [5.41, 5.74) is 0.971. The first-order valence-electron chi connectivity index (χ1n) is 8.91. The molecule has 1 aliphatic heterocycles. The average Bonchev–Trinajstić information content (AvgIpc) is 3.12. The molecule has 3 rings (SSSR count). The van der Waals surface area contributed by atoms with Crippen LogP contribution in [-0.4, -0.2) is 57.1 Å². The molecule has 1 fully saturated rings. The van der Waals surface area contributed by atoms with Gasteiger partial charge in [-0.2, -0.15) is 5.10 Å². The molecule has 1 saturated heterocycles. The number of rotatable bonds is 6. The van der Waals surface area contributed by atoms with Gasteiger partial charge in [-0.05, 0) is 31.0 Å². The number of anilines is 1. The number of amides is 2. The molecule has 1 N–H and O–H groups in total. The Morgan fingerprint density at radius 2 is 2.11 bits per heavy atom. The topological polar surface area (TPSA) is 106 Å². The van der Waals surface area contributed by atoms with Crippen molar-refractivity contribution in [1.82, 2.24) is 19.7 Å². The van der Waals surface area contributed by atoms with Crippen molar-refractivity contribution in [3.8, 4) is 5.69 Å². The second-order valence-corrected chi connectivity index (χ2v) is 6.77. The van der Waals surface area contributed by atoms with Gasteiger partial charge in [0.15, 0.2) is 6.61 Å². The van der Waals surface area contributed by atoms with E-state index in [0.717, 1.165) is 19.3 Å². The second kappa shape index (κ2) is 9.32. The summed E-state index contributed by atoms with van der Waals surface area (Å²) in [6, 6.07) is 4.91. The Bertz CT molecular complexity index is 856. The minimum Gasteiger partial charge on any atom is -0.454 e. The molecule has 0 spiro atoms. The van der Waals surface area contributed by atoms with Crippen LogP contribution in [0.5, 0.6) is 0 Å². The fourth-order valence-corrected chi connectivity index (χ4v) is 3.05. The number of nitrogens with zero attached hydrogens (tertiary/aromatic N) is 4. The summed E-state index contributed by atoms with van der Waals surface area (Å²) in [7, 11) is 0. The van der Waals surface area contributed by atoms with Crippen molar-refractivity contribution in [2.75, 3.05) is 25.0 Å². The van der Waals surface area contributed by atoms with E-state index in [1.807, 2.05) is 0 Å². The molecule has 0 saturated carbocycles. The average molecular weight is 406 g/mol. The highest BCUT2D eigenvalue weighted by Crippen LogP contribution is 2.23. The Hall–Kier alpha value is -2.94.